The molecule has 8 nitrogen and oxygen atoms in total. The lowest BCUT2D eigenvalue weighted by Crippen LogP contribution is -3.15. The van der Waals surface area contributed by atoms with Crippen molar-refractivity contribution in [1.82, 2.24) is 25.1 Å². The van der Waals surface area contributed by atoms with Gasteiger partial charge in [0, 0.05) is 6.42 Å². The molecule has 1 fully saturated rings. The fraction of sp³-hybridized carbons (Fsp3) is 0.455. The van der Waals surface area contributed by atoms with Crippen molar-refractivity contribution in [2.75, 3.05) is 26.2 Å². The smallest absolute Gasteiger partial charge is 0.289 e. The molecule has 31 heavy (non-hydrogen) atoms. The molecule has 0 aliphatic carbocycles. The first-order valence-electron chi connectivity index (χ1n) is 10.7. The monoisotopic (exact) mass is 427 g/mol. The van der Waals surface area contributed by atoms with Gasteiger partial charge in [-0.15, -0.1) is 5.10 Å². The van der Waals surface area contributed by atoms with Crippen molar-refractivity contribution in [2.24, 2.45) is 5.92 Å². The van der Waals surface area contributed by atoms with Gasteiger partial charge in [-0.2, -0.15) is 0 Å². The van der Waals surface area contributed by atoms with Crippen molar-refractivity contribution >= 4 is 5.91 Å². The summed E-state index contributed by atoms with van der Waals surface area (Å²) in [5, 5.41) is 12.5. The Balaban J connectivity index is 1.48. The van der Waals surface area contributed by atoms with Crippen LogP contribution in [0.25, 0.3) is 0 Å². The van der Waals surface area contributed by atoms with Crippen molar-refractivity contribution in [3.63, 3.8) is 0 Å². The number of carbonyl (C=O) groups excluding carboxylic acids is 1. The summed E-state index contributed by atoms with van der Waals surface area (Å²) < 4.78 is 20.3. The summed E-state index contributed by atoms with van der Waals surface area (Å²) >= 11 is 0. The number of nitrogens with one attached hydrogen (secondary N) is 1. The van der Waals surface area contributed by atoms with Crippen LogP contribution in [0.1, 0.15) is 48.3 Å². The van der Waals surface area contributed by atoms with Crippen molar-refractivity contribution in [2.45, 2.75) is 32.9 Å². The number of hydrogen-bond acceptors (Lipinski definition) is 5. The Labute approximate surface area is 180 Å². The molecular formula is C22H28FN6O2+. The highest BCUT2D eigenvalue weighted by atomic mass is 19.1. The molecular weight excluding hydrogens is 399 g/mol. The molecule has 1 N–H and O–H groups in total. The van der Waals surface area contributed by atoms with E-state index in [1.807, 2.05) is 9.58 Å². The standard InChI is InChI=1S/C22H27FN6O2/c1-16(2)14-19(21-24-25-26-29(21)15-17-5-7-18(23)8-6-17)27-9-11-28(12-10-27)22(30)20-4-3-13-31-20/h3-8,13,16,19H,9-12,14-15H2,1-2H3/p+1/t19-/m0/s1. The first kappa shape index (κ1) is 21.2. The molecule has 1 aromatic carbocycles. The molecule has 2 aromatic heterocycles. The number of carbonyl (C=O) groups is 1. The Bertz CT molecular complexity index is 978. The van der Waals surface area contributed by atoms with Crippen LogP contribution in [0.4, 0.5) is 4.39 Å². The lowest BCUT2D eigenvalue weighted by molar-refractivity contribution is -0.937. The molecule has 0 spiro atoms. The second-order valence-electron chi connectivity index (χ2n) is 8.43. The summed E-state index contributed by atoms with van der Waals surface area (Å²) in [6.07, 6.45) is 2.46. The van der Waals surface area contributed by atoms with Gasteiger partial charge in [0.2, 0.25) is 5.82 Å². The van der Waals surface area contributed by atoms with E-state index in [-0.39, 0.29) is 17.8 Å². The molecule has 4 rings (SSSR count). The Hall–Kier alpha value is -3.07. The highest BCUT2D eigenvalue weighted by molar-refractivity contribution is 5.91. The number of tetrazole rings is 1. The van der Waals surface area contributed by atoms with Gasteiger partial charge in [-0.1, -0.05) is 26.0 Å². The van der Waals surface area contributed by atoms with E-state index in [1.165, 1.54) is 23.3 Å². The predicted octanol–water partition coefficient (Wildman–Crippen LogP) is 1.58. The van der Waals surface area contributed by atoms with Gasteiger partial charge in [0.05, 0.1) is 39.0 Å². The number of aromatic nitrogens is 4. The quantitative estimate of drug-likeness (QED) is 0.619. The molecule has 3 aromatic rings. The molecule has 1 saturated heterocycles. The summed E-state index contributed by atoms with van der Waals surface area (Å²) in [5.74, 6) is 1.36. The van der Waals surface area contributed by atoms with Gasteiger partial charge in [-0.3, -0.25) is 4.79 Å². The summed E-state index contributed by atoms with van der Waals surface area (Å²) in [7, 11) is 0. The molecule has 1 aliphatic heterocycles. The molecule has 0 saturated carbocycles. The summed E-state index contributed by atoms with van der Waals surface area (Å²) in [5.41, 5.74) is 0.946. The first-order chi connectivity index (χ1) is 15.0. The minimum Gasteiger partial charge on any atom is -0.459 e. The largest absolute Gasteiger partial charge is 0.459 e. The third-order valence-electron chi connectivity index (χ3n) is 5.74. The number of halogens is 1. The lowest BCUT2D eigenvalue weighted by Gasteiger charge is -2.36. The highest BCUT2D eigenvalue weighted by Crippen LogP contribution is 2.18. The van der Waals surface area contributed by atoms with Crippen LogP contribution in [0, 0.1) is 11.7 Å². The summed E-state index contributed by atoms with van der Waals surface area (Å²) in [6, 6.07) is 9.96. The van der Waals surface area contributed by atoms with Gasteiger partial charge in [0.25, 0.3) is 5.91 Å². The zero-order valence-corrected chi connectivity index (χ0v) is 17.9. The maximum absolute atomic E-state index is 13.3. The van der Waals surface area contributed by atoms with Gasteiger partial charge in [-0.05, 0) is 46.2 Å². The molecule has 164 valence electrons. The molecule has 0 unspecified atom stereocenters. The number of rotatable bonds is 7. The van der Waals surface area contributed by atoms with Gasteiger partial charge < -0.3 is 14.2 Å². The molecule has 0 bridgehead atoms. The molecule has 9 heteroatoms. The maximum atomic E-state index is 13.3. The van der Waals surface area contributed by atoms with E-state index in [1.54, 1.807) is 24.3 Å². The fourth-order valence-electron chi connectivity index (χ4n) is 4.16. The number of benzene rings is 1. The second-order valence-corrected chi connectivity index (χ2v) is 8.43. The molecule has 3 heterocycles. The first-order valence-corrected chi connectivity index (χ1v) is 10.7. The lowest BCUT2D eigenvalue weighted by atomic mass is 10.0. The normalized spacial score (nSPS) is 16.1. The van der Waals surface area contributed by atoms with Gasteiger partial charge >= 0.3 is 0 Å². The third kappa shape index (κ3) is 4.99. The average molecular weight is 428 g/mol. The number of hydrogen-bond donors (Lipinski definition) is 1. The molecule has 1 amide bonds. The molecule has 1 atom stereocenters. The summed E-state index contributed by atoms with van der Waals surface area (Å²) in [4.78, 5) is 15.8. The van der Waals surface area contributed by atoms with Crippen LogP contribution in [0.3, 0.4) is 0 Å². The van der Waals surface area contributed by atoms with Crippen LogP contribution in [-0.4, -0.2) is 57.2 Å². The van der Waals surface area contributed by atoms with Crippen LogP contribution < -0.4 is 4.90 Å². The zero-order valence-electron chi connectivity index (χ0n) is 17.9. The minimum absolute atomic E-state index is 0.0643. The molecule has 1 aliphatic rings. The van der Waals surface area contributed by atoms with E-state index >= 15 is 0 Å². The van der Waals surface area contributed by atoms with Crippen LogP contribution in [0.15, 0.2) is 47.1 Å². The van der Waals surface area contributed by atoms with E-state index in [2.05, 4.69) is 29.4 Å². The van der Waals surface area contributed by atoms with Crippen molar-refractivity contribution in [1.29, 1.82) is 0 Å². The highest BCUT2D eigenvalue weighted by Gasteiger charge is 2.34. The van der Waals surface area contributed by atoms with Crippen LogP contribution in [-0.2, 0) is 6.54 Å². The number of furan rings is 1. The van der Waals surface area contributed by atoms with Crippen LogP contribution in [0.5, 0.6) is 0 Å². The summed E-state index contributed by atoms with van der Waals surface area (Å²) in [6.45, 7) is 7.81. The minimum atomic E-state index is -0.259. The van der Waals surface area contributed by atoms with Crippen molar-refractivity contribution in [3.8, 4) is 0 Å². The Morgan fingerprint density at radius 2 is 1.94 bits per heavy atom. The number of piperazine rings is 1. The predicted molar refractivity (Wildman–Crippen MR) is 111 cm³/mol. The van der Waals surface area contributed by atoms with Crippen molar-refractivity contribution < 1.29 is 18.5 Å². The van der Waals surface area contributed by atoms with E-state index in [0.29, 0.717) is 31.3 Å². The van der Waals surface area contributed by atoms with Gasteiger partial charge in [-0.25, -0.2) is 9.07 Å². The Kier molecular flexibility index (Phi) is 6.41. The van der Waals surface area contributed by atoms with Crippen LogP contribution in [0.2, 0.25) is 0 Å². The van der Waals surface area contributed by atoms with E-state index in [4.69, 9.17) is 4.42 Å². The zero-order chi connectivity index (χ0) is 21.8. The maximum Gasteiger partial charge on any atom is 0.289 e. The average Bonchev–Trinajstić information content (AvgIpc) is 3.46. The topological polar surface area (TPSA) is 81.5 Å². The SMILES string of the molecule is CC(C)C[C@@H](c1nnnn1Cc1ccc(F)cc1)[NH+]1CCN(C(=O)c2ccco2)CC1. The van der Waals surface area contributed by atoms with Crippen molar-refractivity contribution in [3.05, 3.63) is 65.6 Å². The number of amides is 1. The Morgan fingerprint density at radius 3 is 2.58 bits per heavy atom. The fourth-order valence-corrected chi connectivity index (χ4v) is 4.16. The second kappa shape index (κ2) is 9.38. The van der Waals surface area contributed by atoms with Gasteiger partial charge in [0.1, 0.15) is 11.9 Å². The van der Waals surface area contributed by atoms with Crippen LogP contribution >= 0.6 is 0 Å². The van der Waals surface area contributed by atoms with E-state index in [9.17, 15) is 9.18 Å². The third-order valence-corrected chi connectivity index (χ3v) is 5.74. The number of nitrogens with zero attached hydrogens (tertiary/aromatic N) is 5. The van der Waals surface area contributed by atoms with E-state index < -0.39 is 0 Å². The van der Waals surface area contributed by atoms with Gasteiger partial charge in [0.15, 0.2) is 5.76 Å². The molecule has 0 radical (unpaired) electrons. The number of quaternary nitrogens is 1. The Morgan fingerprint density at radius 1 is 1.19 bits per heavy atom. The van der Waals surface area contributed by atoms with E-state index in [0.717, 1.165) is 30.9 Å².